The molecule has 0 radical (unpaired) electrons. The van der Waals surface area contributed by atoms with Gasteiger partial charge in [-0.2, -0.15) is 0 Å². The zero-order valence-corrected chi connectivity index (χ0v) is 22.7. The van der Waals surface area contributed by atoms with Gasteiger partial charge in [-0.25, -0.2) is 26.7 Å². The van der Waals surface area contributed by atoms with E-state index in [1.54, 1.807) is 38.5 Å². The van der Waals surface area contributed by atoms with Crippen molar-refractivity contribution in [1.29, 1.82) is 0 Å². The van der Waals surface area contributed by atoms with E-state index >= 15 is 0 Å². The topological polar surface area (TPSA) is 70.2 Å². The molecule has 198 valence electrons. The Morgan fingerprint density at radius 1 is 0.667 bits per heavy atom. The number of aromatic nitrogens is 4. The van der Waals surface area contributed by atoms with Crippen molar-refractivity contribution >= 4 is 9.84 Å². The molecule has 8 heterocycles. The molecule has 0 amide bonds. The maximum atomic E-state index is 13.2. The van der Waals surface area contributed by atoms with Crippen LogP contribution in [0.2, 0.25) is 0 Å². The predicted octanol–water partition coefficient (Wildman–Crippen LogP) is 3.22. The average molecular weight is 543 g/mol. The molecule has 0 spiro atoms. The van der Waals surface area contributed by atoms with E-state index < -0.39 is 9.84 Å². The van der Waals surface area contributed by atoms with E-state index in [1.165, 1.54) is 0 Å². The lowest BCUT2D eigenvalue weighted by Gasteiger charge is -2.13. The summed E-state index contributed by atoms with van der Waals surface area (Å²) in [5.41, 5.74) is 4.05. The zero-order valence-electron chi connectivity index (χ0n) is 21.9. The van der Waals surface area contributed by atoms with Crippen molar-refractivity contribution in [3.05, 3.63) is 120 Å². The normalized spacial score (nSPS) is 14.4. The second kappa shape index (κ2) is 10.1. The van der Waals surface area contributed by atoms with Gasteiger partial charge < -0.3 is 9.47 Å². The largest absolute Gasteiger partial charge is 0.496 e. The summed E-state index contributed by atoms with van der Waals surface area (Å²) < 4.78 is 46.4. The summed E-state index contributed by atoms with van der Waals surface area (Å²) >= 11 is 0. The van der Waals surface area contributed by atoms with Crippen LogP contribution in [0.15, 0.2) is 108 Å². The van der Waals surface area contributed by atoms with Crippen molar-refractivity contribution in [2.24, 2.45) is 0 Å². The van der Waals surface area contributed by atoms with Gasteiger partial charge in [0, 0.05) is 11.1 Å². The summed E-state index contributed by atoms with van der Waals surface area (Å²) in [6.07, 6.45) is 12.1. The van der Waals surface area contributed by atoms with Crippen molar-refractivity contribution in [1.82, 2.24) is 9.13 Å². The van der Waals surface area contributed by atoms with Gasteiger partial charge in [0.1, 0.15) is 62.5 Å². The molecule has 8 nitrogen and oxygen atoms in total. The SMILES string of the molecule is COc1cc2c(OC)cc1Cn1cc[n+](c1)Cc1ccc(cc1)S(=O)(=O)c1ccc(cc1)C[n+]1ccn(c1)C2. The first-order valence-corrected chi connectivity index (χ1v) is 14.2. The number of hydrogen-bond donors (Lipinski definition) is 0. The van der Waals surface area contributed by atoms with Gasteiger partial charge in [0.15, 0.2) is 0 Å². The summed E-state index contributed by atoms with van der Waals surface area (Å²) in [6, 6.07) is 18.3. The molecule has 5 aromatic rings. The quantitative estimate of drug-likeness (QED) is 0.315. The molecular weight excluding hydrogens is 512 g/mol. The van der Waals surface area contributed by atoms with E-state index in [0.29, 0.717) is 26.2 Å². The number of hydrogen-bond acceptors (Lipinski definition) is 4. The first-order chi connectivity index (χ1) is 18.9. The third-order valence-corrected chi connectivity index (χ3v) is 8.86. The molecule has 39 heavy (non-hydrogen) atoms. The Hall–Kier alpha value is -4.37. The van der Waals surface area contributed by atoms with Crippen LogP contribution in [0.1, 0.15) is 22.3 Å². The van der Waals surface area contributed by atoms with E-state index in [0.717, 1.165) is 33.8 Å². The second-order valence-electron chi connectivity index (χ2n) is 9.78. The molecule has 11 rings (SSSR count). The predicted molar refractivity (Wildman–Crippen MR) is 144 cm³/mol. The Labute approximate surface area is 227 Å². The van der Waals surface area contributed by atoms with Crippen LogP contribution in [-0.2, 0) is 36.0 Å². The summed E-state index contributed by atoms with van der Waals surface area (Å²) in [5.74, 6) is 1.61. The van der Waals surface area contributed by atoms with Gasteiger partial charge in [0.05, 0.1) is 24.0 Å². The Kier molecular flexibility index (Phi) is 6.44. The fourth-order valence-corrected chi connectivity index (χ4v) is 6.28. The lowest BCUT2D eigenvalue weighted by Crippen LogP contribution is -2.31. The summed E-state index contributed by atoms with van der Waals surface area (Å²) in [6.45, 7) is 2.48. The van der Waals surface area contributed by atoms with E-state index in [2.05, 4.69) is 18.3 Å². The maximum absolute atomic E-state index is 13.2. The lowest BCUT2D eigenvalue weighted by molar-refractivity contribution is -0.688. The summed E-state index contributed by atoms with van der Waals surface area (Å²) in [7, 11) is -0.220. The Morgan fingerprint density at radius 3 is 1.46 bits per heavy atom. The van der Waals surface area contributed by atoms with Crippen molar-refractivity contribution in [3.8, 4) is 11.5 Å². The second-order valence-corrected chi connectivity index (χ2v) is 11.7. The van der Waals surface area contributed by atoms with Crippen LogP contribution in [-0.4, -0.2) is 31.8 Å². The smallest absolute Gasteiger partial charge is 0.244 e. The first-order valence-electron chi connectivity index (χ1n) is 12.7. The van der Waals surface area contributed by atoms with Crippen LogP contribution in [0.5, 0.6) is 11.5 Å². The van der Waals surface area contributed by atoms with Crippen LogP contribution >= 0.6 is 0 Å². The van der Waals surface area contributed by atoms with E-state index in [1.807, 2.05) is 73.8 Å². The molecule has 0 atom stereocenters. The van der Waals surface area contributed by atoms with Gasteiger partial charge >= 0.3 is 0 Å². The molecule has 10 bridgehead atoms. The van der Waals surface area contributed by atoms with Gasteiger partial charge in [0.2, 0.25) is 22.5 Å². The first kappa shape index (κ1) is 24.9. The van der Waals surface area contributed by atoms with Crippen LogP contribution in [0.4, 0.5) is 0 Å². The van der Waals surface area contributed by atoms with Crippen LogP contribution in [0.25, 0.3) is 0 Å². The maximum Gasteiger partial charge on any atom is 0.244 e. The van der Waals surface area contributed by atoms with Crippen LogP contribution < -0.4 is 18.6 Å². The number of sulfone groups is 1. The van der Waals surface area contributed by atoms with Crippen molar-refractivity contribution < 1.29 is 27.0 Å². The number of benzene rings is 3. The van der Waals surface area contributed by atoms with Crippen LogP contribution in [0.3, 0.4) is 0 Å². The minimum Gasteiger partial charge on any atom is -0.496 e. The van der Waals surface area contributed by atoms with E-state index in [-0.39, 0.29) is 9.79 Å². The third-order valence-electron chi connectivity index (χ3n) is 7.08. The molecule has 3 aromatic carbocycles. The molecule has 6 aliphatic heterocycles. The van der Waals surface area contributed by atoms with E-state index in [4.69, 9.17) is 9.47 Å². The number of methoxy groups -OCH3 is 2. The molecule has 0 unspecified atom stereocenters. The van der Waals surface area contributed by atoms with Gasteiger partial charge in [-0.1, -0.05) is 24.3 Å². The molecule has 9 heteroatoms. The minimum atomic E-state index is -3.60. The standard InChI is InChI=1S/C30H30N4O4S/c1-37-29-15-26-20-34-14-12-32(22-34)18-24-5-9-28(10-6-24)39(35,36)27-7-3-23(4-8-27)17-31-11-13-33(21-31)19-25(29)16-30(26)38-2/h3-16,21-22H,17-20H2,1-2H3/q+2. The van der Waals surface area contributed by atoms with E-state index in [9.17, 15) is 8.42 Å². The molecule has 0 aliphatic carbocycles. The van der Waals surface area contributed by atoms with Gasteiger partial charge in [-0.05, 0) is 47.5 Å². The van der Waals surface area contributed by atoms with Crippen molar-refractivity contribution in [2.45, 2.75) is 36.0 Å². The number of imidazole rings is 2. The third kappa shape index (κ3) is 5.05. The highest BCUT2D eigenvalue weighted by Crippen LogP contribution is 2.30. The highest BCUT2D eigenvalue weighted by Gasteiger charge is 2.20. The number of nitrogens with zero attached hydrogens (tertiary/aromatic N) is 4. The Morgan fingerprint density at radius 2 is 1.08 bits per heavy atom. The summed E-state index contributed by atoms with van der Waals surface area (Å²) in [5, 5.41) is 0. The van der Waals surface area contributed by atoms with Gasteiger partial charge in [0.25, 0.3) is 0 Å². The molecule has 0 saturated carbocycles. The highest BCUT2D eigenvalue weighted by molar-refractivity contribution is 7.91. The minimum absolute atomic E-state index is 0.288. The molecule has 0 fully saturated rings. The molecule has 6 aliphatic rings. The number of ether oxygens (including phenoxy) is 2. The fraction of sp³-hybridized carbons (Fsp3) is 0.200. The molecule has 0 saturated heterocycles. The van der Waals surface area contributed by atoms with Crippen molar-refractivity contribution in [3.63, 3.8) is 0 Å². The Balaban J connectivity index is 1.42. The van der Waals surface area contributed by atoms with Crippen LogP contribution in [0, 0.1) is 0 Å². The molecule has 2 aromatic heterocycles. The monoisotopic (exact) mass is 542 g/mol. The zero-order chi connectivity index (χ0) is 27.0. The lowest BCUT2D eigenvalue weighted by atomic mass is 10.1. The fourth-order valence-electron chi connectivity index (χ4n) is 5.02. The molecular formula is C30H30N4O4S+2. The average Bonchev–Trinajstić information content (AvgIpc) is 3.58. The Bertz CT molecular complexity index is 1610. The molecule has 0 N–H and O–H groups in total. The number of rotatable bonds is 2. The van der Waals surface area contributed by atoms with Crippen molar-refractivity contribution in [2.75, 3.05) is 14.2 Å². The van der Waals surface area contributed by atoms with Gasteiger partial charge in [-0.3, -0.25) is 0 Å². The highest BCUT2D eigenvalue weighted by atomic mass is 32.2. The summed E-state index contributed by atoms with van der Waals surface area (Å²) in [4.78, 5) is 0.575. The van der Waals surface area contributed by atoms with Gasteiger partial charge in [-0.15, -0.1) is 0 Å².